The van der Waals surface area contributed by atoms with Crippen molar-refractivity contribution in [2.75, 3.05) is 18.1 Å². The molecule has 1 aliphatic heterocycles. The molecule has 3 heterocycles. The summed E-state index contributed by atoms with van der Waals surface area (Å²) in [7, 11) is 0. The quantitative estimate of drug-likeness (QED) is 0.153. The standard InChI is InChI=1S/C21H20ClFN6O7/c22-19-27-15(25)11-16(28-19)29(7-26-11)12-14-21(12,23)13(30)10(36-14)6-35-20(17(31)32,18(33)34)5-8-1-3-9(24)4-2-8/h1-4,7,10,12-14,30H,5-6,24H2,(H,31,32)(H,33,34)(H2,25,27,28)/t10-,12?,13-,14+,21+/m1/s1. The van der Waals surface area contributed by atoms with Gasteiger partial charge in [-0.2, -0.15) is 9.97 Å². The number of carboxylic acid groups (broad SMARTS) is 2. The molecule has 3 aromatic rings. The van der Waals surface area contributed by atoms with E-state index in [1.807, 2.05) is 0 Å². The predicted molar refractivity (Wildman–Crippen MR) is 121 cm³/mol. The number of aliphatic hydroxyl groups is 1. The molecule has 7 N–H and O–H groups in total. The molecule has 36 heavy (non-hydrogen) atoms. The Labute approximate surface area is 206 Å². The Kier molecular flexibility index (Phi) is 5.51. The number of imidazole rings is 1. The first-order valence-electron chi connectivity index (χ1n) is 10.6. The van der Waals surface area contributed by atoms with Gasteiger partial charge < -0.3 is 40.8 Å². The number of hydrogen-bond acceptors (Lipinski definition) is 10. The number of hydrogen-bond donors (Lipinski definition) is 5. The maximum atomic E-state index is 15.8. The lowest BCUT2D eigenvalue weighted by atomic mass is 9.94. The number of nitrogens with zero attached hydrogens (tertiary/aromatic N) is 4. The van der Waals surface area contributed by atoms with Crippen LogP contribution in [-0.2, 0) is 25.5 Å². The Balaban J connectivity index is 1.34. The first-order valence-corrected chi connectivity index (χ1v) is 11.0. The van der Waals surface area contributed by atoms with Crippen molar-refractivity contribution in [2.45, 2.75) is 42.0 Å². The van der Waals surface area contributed by atoms with Crippen LogP contribution in [0.5, 0.6) is 0 Å². The van der Waals surface area contributed by atoms with Crippen LogP contribution >= 0.6 is 11.6 Å². The third-order valence-electron chi connectivity index (χ3n) is 6.53. The van der Waals surface area contributed by atoms with Crippen molar-refractivity contribution < 1.29 is 38.8 Å². The molecule has 2 aliphatic rings. The third-order valence-corrected chi connectivity index (χ3v) is 6.70. The Hall–Kier alpha value is -3.59. The molecule has 2 fully saturated rings. The van der Waals surface area contributed by atoms with E-state index in [2.05, 4.69) is 15.0 Å². The van der Waals surface area contributed by atoms with Crippen molar-refractivity contribution in [1.29, 1.82) is 0 Å². The van der Waals surface area contributed by atoms with Crippen LogP contribution in [0.3, 0.4) is 0 Å². The Morgan fingerprint density at radius 1 is 1.22 bits per heavy atom. The van der Waals surface area contributed by atoms with E-state index < -0.39 is 60.6 Å². The van der Waals surface area contributed by atoms with Gasteiger partial charge in [-0.3, -0.25) is 0 Å². The van der Waals surface area contributed by atoms with Crippen molar-refractivity contribution >= 4 is 46.2 Å². The number of anilines is 2. The van der Waals surface area contributed by atoms with Gasteiger partial charge in [-0.1, -0.05) is 12.1 Å². The number of nitrogens with two attached hydrogens (primary N) is 2. The van der Waals surface area contributed by atoms with Gasteiger partial charge in [0.25, 0.3) is 5.60 Å². The Bertz CT molecular complexity index is 1360. The molecule has 1 aromatic carbocycles. The van der Waals surface area contributed by atoms with Gasteiger partial charge in [0, 0.05) is 12.1 Å². The highest BCUT2D eigenvalue weighted by atomic mass is 35.5. The van der Waals surface area contributed by atoms with E-state index in [4.69, 9.17) is 32.5 Å². The predicted octanol–water partition coefficient (Wildman–Crippen LogP) is 0.203. The van der Waals surface area contributed by atoms with Gasteiger partial charge in [0.1, 0.15) is 29.9 Å². The normalized spacial score (nSPS) is 27.2. The van der Waals surface area contributed by atoms with Crippen molar-refractivity contribution in [3.63, 3.8) is 0 Å². The molecule has 1 unspecified atom stereocenters. The average molecular weight is 523 g/mol. The molecule has 0 bridgehead atoms. The molecule has 0 amide bonds. The number of nitrogen functional groups attached to an aromatic ring is 2. The van der Waals surface area contributed by atoms with Gasteiger partial charge in [-0.05, 0) is 29.3 Å². The van der Waals surface area contributed by atoms with Crippen LogP contribution in [0.4, 0.5) is 15.9 Å². The molecule has 190 valence electrons. The van der Waals surface area contributed by atoms with Crippen LogP contribution in [0, 0.1) is 0 Å². The molecule has 15 heteroatoms. The lowest BCUT2D eigenvalue weighted by molar-refractivity contribution is -0.190. The summed E-state index contributed by atoms with van der Waals surface area (Å²) in [5.41, 5.74) is 7.47. The van der Waals surface area contributed by atoms with Crippen LogP contribution in [0.15, 0.2) is 30.6 Å². The SMILES string of the molecule is Nc1ccc(CC(OC[C@H]2O[C@H]3C(n4cnc5c(N)nc(Cl)nc54)[C@]3(F)[C@@H]2O)(C(=O)O)C(=O)O)cc1. The number of carbonyl (C=O) groups is 2. The summed E-state index contributed by atoms with van der Waals surface area (Å²) >= 11 is 5.85. The third kappa shape index (κ3) is 3.52. The van der Waals surface area contributed by atoms with Crippen molar-refractivity contribution in [2.24, 2.45) is 0 Å². The lowest BCUT2D eigenvalue weighted by Crippen LogP contribution is -2.53. The van der Waals surface area contributed by atoms with Gasteiger partial charge in [0.05, 0.1) is 12.9 Å². The zero-order chi connectivity index (χ0) is 26.0. The molecule has 0 spiro atoms. The monoisotopic (exact) mass is 522 g/mol. The second kappa shape index (κ2) is 8.23. The number of aliphatic carboxylic acids is 2. The summed E-state index contributed by atoms with van der Waals surface area (Å²) in [5, 5.41) is 30.0. The highest BCUT2D eigenvalue weighted by Crippen LogP contribution is 2.62. The highest BCUT2D eigenvalue weighted by molar-refractivity contribution is 6.28. The van der Waals surface area contributed by atoms with Crippen molar-refractivity contribution in [3.05, 3.63) is 41.4 Å². The molecule has 0 radical (unpaired) electrons. The van der Waals surface area contributed by atoms with Gasteiger partial charge in [0.2, 0.25) is 5.28 Å². The lowest BCUT2D eigenvalue weighted by Gasteiger charge is -2.29. The largest absolute Gasteiger partial charge is 0.479 e. The van der Waals surface area contributed by atoms with Gasteiger partial charge in [-0.25, -0.2) is 19.0 Å². The van der Waals surface area contributed by atoms with Crippen LogP contribution in [0.25, 0.3) is 11.2 Å². The van der Waals surface area contributed by atoms with E-state index in [9.17, 15) is 24.9 Å². The number of benzene rings is 1. The minimum absolute atomic E-state index is 0.00463. The van der Waals surface area contributed by atoms with Gasteiger partial charge in [0.15, 0.2) is 17.1 Å². The van der Waals surface area contributed by atoms with E-state index in [1.165, 1.54) is 35.2 Å². The number of ether oxygens (including phenoxy) is 2. The van der Waals surface area contributed by atoms with E-state index in [-0.39, 0.29) is 22.3 Å². The summed E-state index contributed by atoms with van der Waals surface area (Å²) in [6.45, 7) is -0.699. The minimum Gasteiger partial charge on any atom is -0.479 e. The zero-order valence-electron chi connectivity index (χ0n) is 18.3. The molecule has 5 atom stereocenters. The van der Waals surface area contributed by atoms with Gasteiger partial charge >= 0.3 is 11.9 Å². The maximum absolute atomic E-state index is 15.8. The number of aromatic nitrogens is 4. The summed E-state index contributed by atoms with van der Waals surface area (Å²) in [5.74, 6) is -3.54. The van der Waals surface area contributed by atoms with E-state index >= 15 is 4.39 Å². The number of rotatable bonds is 8. The first-order chi connectivity index (χ1) is 17.0. The van der Waals surface area contributed by atoms with E-state index in [0.717, 1.165) is 0 Å². The number of carboxylic acids is 2. The Morgan fingerprint density at radius 2 is 1.89 bits per heavy atom. The van der Waals surface area contributed by atoms with Crippen LogP contribution in [0.2, 0.25) is 5.28 Å². The number of alkyl halides is 1. The molecule has 13 nitrogen and oxygen atoms in total. The fourth-order valence-corrected chi connectivity index (χ4v) is 4.74. The number of aliphatic hydroxyl groups excluding tert-OH is 1. The summed E-state index contributed by atoms with van der Waals surface area (Å²) in [4.78, 5) is 35.9. The molecule has 1 aliphatic carbocycles. The van der Waals surface area contributed by atoms with Crippen molar-refractivity contribution in [3.8, 4) is 0 Å². The summed E-state index contributed by atoms with van der Waals surface area (Å²) < 4.78 is 28.0. The molecule has 2 aromatic heterocycles. The van der Waals surface area contributed by atoms with E-state index in [1.54, 1.807) is 0 Å². The number of halogens is 2. The zero-order valence-corrected chi connectivity index (χ0v) is 19.0. The topological polar surface area (TPSA) is 209 Å². The van der Waals surface area contributed by atoms with Crippen LogP contribution in [-0.4, -0.2) is 83.0 Å². The van der Waals surface area contributed by atoms with Crippen LogP contribution in [0.1, 0.15) is 11.6 Å². The maximum Gasteiger partial charge on any atom is 0.348 e. The fraction of sp³-hybridized carbons (Fsp3) is 0.381. The minimum atomic E-state index is -2.71. The summed E-state index contributed by atoms with van der Waals surface area (Å²) in [6, 6.07) is 4.88. The van der Waals surface area contributed by atoms with Crippen LogP contribution < -0.4 is 11.5 Å². The van der Waals surface area contributed by atoms with Gasteiger partial charge in [-0.15, -0.1) is 0 Å². The molecular weight excluding hydrogens is 503 g/mol. The molecule has 5 rings (SSSR count). The summed E-state index contributed by atoms with van der Waals surface area (Å²) in [6.07, 6.45) is -3.54. The molecular formula is C21H20ClFN6O7. The van der Waals surface area contributed by atoms with Crippen molar-refractivity contribution in [1.82, 2.24) is 19.5 Å². The smallest absolute Gasteiger partial charge is 0.348 e. The fourth-order valence-electron chi connectivity index (χ4n) is 4.57. The molecule has 1 saturated heterocycles. The number of fused-ring (bicyclic) bond motifs is 2. The highest BCUT2D eigenvalue weighted by Gasteiger charge is 2.79. The average Bonchev–Trinajstić information content (AvgIpc) is 3.07. The second-order valence-corrected chi connectivity index (χ2v) is 9.02. The first kappa shape index (κ1) is 24.1. The molecule has 1 saturated carbocycles. The Morgan fingerprint density at radius 3 is 2.47 bits per heavy atom. The second-order valence-electron chi connectivity index (χ2n) is 8.68. The van der Waals surface area contributed by atoms with E-state index in [0.29, 0.717) is 11.3 Å².